The van der Waals surface area contributed by atoms with Crippen molar-refractivity contribution in [3.63, 3.8) is 0 Å². The van der Waals surface area contributed by atoms with Crippen LogP contribution in [0.4, 0.5) is 11.4 Å². The average molecular weight is 264 g/mol. The van der Waals surface area contributed by atoms with Gasteiger partial charge in [-0.15, -0.1) is 0 Å². The first-order valence-corrected chi connectivity index (χ1v) is 5.86. The van der Waals surface area contributed by atoms with Crippen molar-refractivity contribution in [2.45, 2.75) is 6.54 Å². The number of pyridine rings is 1. The van der Waals surface area contributed by atoms with E-state index in [2.05, 4.69) is 10.3 Å². The molecule has 0 atom stereocenters. The molecule has 1 aromatic heterocycles. The van der Waals surface area contributed by atoms with Gasteiger partial charge >= 0.3 is 0 Å². The first-order valence-electron chi connectivity index (χ1n) is 5.48. The Labute approximate surface area is 111 Å². The molecule has 0 amide bonds. The van der Waals surface area contributed by atoms with Crippen LogP contribution < -0.4 is 15.8 Å². The van der Waals surface area contributed by atoms with Gasteiger partial charge in [0, 0.05) is 18.3 Å². The van der Waals surface area contributed by atoms with Crippen molar-refractivity contribution in [1.82, 2.24) is 4.98 Å². The molecule has 3 N–H and O–H groups in total. The number of benzene rings is 1. The molecule has 0 bridgehead atoms. The highest BCUT2D eigenvalue weighted by Crippen LogP contribution is 2.26. The van der Waals surface area contributed by atoms with E-state index in [9.17, 15) is 0 Å². The normalized spacial score (nSPS) is 10.1. The van der Waals surface area contributed by atoms with E-state index in [1.165, 1.54) is 0 Å². The molecule has 0 unspecified atom stereocenters. The van der Waals surface area contributed by atoms with E-state index in [1.807, 2.05) is 24.3 Å². The fourth-order valence-electron chi connectivity index (χ4n) is 1.64. The predicted octanol–water partition coefficient (Wildman–Crippen LogP) is 2.94. The number of rotatable bonds is 4. The number of nitrogens with one attached hydrogen (secondary N) is 1. The van der Waals surface area contributed by atoms with Gasteiger partial charge in [0.2, 0.25) is 0 Å². The number of hydrogen-bond donors (Lipinski definition) is 2. The van der Waals surface area contributed by atoms with Crippen molar-refractivity contribution in [3.8, 4) is 5.75 Å². The zero-order valence-corrected chi connectivity index (χ0v) is 10.7. The molecule has 0 saturated heterocycles. The smallest absolute Gasteiger partial charge is 0.153 e. The number of nitrogens with two attached hydrogens (primary N) is 1. The van der Waals surface area contributed by atoms with Crippen LogP contribution in [0.3, 0.4) is 0 Å². The minimum Gasteiger partial charge on any atom is -0.496 e. The second-order valence-electron chi connectivity index (χ2n) is 3.73. The lowest BCUT2D eigenvalue weighted by molar-refractivity contribution is 0.410. The zero-order chi connectivity index (χ0) is 13.0. The van der Waals surface area contributed by atoms with E-state index in [4.69, 9.17) is 22.1 Å². The largest absolute Gasteiger partial charge is 0.496 e. The van der Waals surface area contributed by atoms with Crippen molar-refractivity contribution in [3.05, 3.63) is 47.2 Å². The highest BCUT2D eigenvalue weighted by molar-refractivity contribution is 6.32. The van der Waals surface area contributed by atoms with E-state index in [0.717, 1.165) is 17.0 Å². The molecule has 0 saturated carbocycles. The average Bonchev–Trinajstić information content (AvgIpc) is 2.41. The molecule has 0 radical (unpaired) electrons. The van der Waals surface area contributed by atoms with Gasteiger partial charge in [0.15, 0.2) is 5.15 Å². The van der Waals surface area contributed by atoms with E-state index in [0.29, 0.717) is 17.4 Å². The standard InChI is InChI=1S/C13H14ClN3O/c1-18-11-5-3-2-4-9(11)8-17-10-6-7-16-13(14)12(10)15/h2-7H,8,15H2,1H3,(H,16,17). The third-order valence-electron chi connectivity index (χ3n) is 2.60. The van der Waals surface area contributed by atoms with Gasteiger partial charge in [0.1, 0.15) is 5.75 Å². The van der Waals surface area contributed by atoms with Crippen LogP contribution in [0.15, 0.2) is 36.5 Å². The quantitative estimate of drug-likeness (QED) is 0.833. The van der Waals surface area contributed by atoms with Crippen molar-refractivity contribution < 1.29 is 4.74 Å². The van der Waals surface area contributed by atoms with Gasteiger partial charge in [0.25, 0.3) is 0 Å². The maximum absolute atomic E-state index is 5.85. The molecule has 1 aromatic carbocycles. The molecule has 2 aromatic rings. The fourth-order valence-corrected chi connectivity index (χ4v) is 1.80. The summed E-state index contributed by atoms with van der Waals surface area (Å²) in [5.74, 6) is 0.837. The minimum absolute atomic E-state index is 0.306. The van der Waals surface area contributed by atoms with Crippen LogP contribution in [0, 0.1) is 0 Å². The van der Waals surface area contributed by atoms with Gasteiger partial charge in [-0.05, 0) is 12.1 Å². The molecule has 18 heavy (non-hydrogen) atoms. The van der Waals surface area contributed by atoms with E-state index in [1.54, 1.807) is 19.4 Å². The number of ether oxygens (including phenoxy) is 1. The summed E-state index contributed by atoms with van der Waals surface area (Å²) >= 11 is 5.85. The Hall–Kier alpha value is -1.94. The second kappa shape index (κ2) is 5.60. The fraction of sp³-hybridized carbons (Fsp3) is 0.154. The predicted molar refractivity (Wildman–Crippen MR) is 74.0 cm³/mol. The molecule has 5 heteroatoms. The molecule has 2 rings (SSSR count). The van der Waals surface area contributed by atoms with Gasteiger partial charge in [-0.2, -0.15) is 0 Å². The molecule has 1 heterocycles. The first kappa shape index (κ1) is 12.5. The Kier molecular flexibility index (Phi) is 3.89. The van der Waals surface area contributed by atoms with Crippen molar-refractivity contribution in [1.29, 1.82) is 0 Å². The lowest BCUT2D eigenvalue weighted by Crippen LogP contribution is -2.04. The van der Waals surface area contributed by atoms with Crippen LogP contribution in [0.2, 0.25) is 5.15 Å². The van der Waals surface area contributed by atoms with Gasteiger partial charge in [0.05, 0.1) is 18.5 Å². The molecule has 0 fully saturated rings. The number of para-hydroxylation sites is 1. The van der Waals surface area contributed by atoms with Gasteiger partial charge in [-0.3, -0.25) is 0 Å². The molecule has 94 valence electrons. The maximum Gasteiger partial charge on any atom is 0.153 e. The van der Waals surface area contributed by atoms with E-state index >= 15 is 0 Å². The second-order valence-corrected chi connectivity index (χ2v) is 4.09. The lowest BCUT2D eigenvalue weighted by atomic mass is 10.2. The summed E-state index contributed by atoms with van der Waals surface area (Å²) in [4.78, 5) is 3.90. The highest BCUT2D eigenvalue weighted by Gasteiger charge is 2.05. The van der Waals surface area contributed by atoms with E-state index in [-0.39, 0.29) is 0 Å². The SMILES string of the molecule is COc1ccccc1CNc1ccnc(Cl)c1N. The molecule has 4 nitrogen and oxygen atoms in total. The van der Waals surface area contributed by atoms with Crippen molar-refractivity contribution in [2.24, 2.45) is 0 Å². The third kappa shape index (κ3) is 2.65. The number of anilines is 2. The van der Waals surface area contributed by atoms with Crippen molar-refractivity contribution >= 4 is 23.0 Å². The van der Waals surface area contributed by atoms with Crippen LogP contribution in [-0.4, -0.2) is 12.1 Å². The first-order chi connectivity index (χ1) is 8.72. The van der Waals surface area contributed by atoms with Crippen LogP contribution in [0.25, 0.3) is 0 Å². The zero-order valence-electron chi connectivity index (χ0n) is 9.98. The number of aromatic nitrogens is 1. The Morgan fingerprint density at radius 3 is 2.89 bits per heavy atom. The monoisotopic (exact) mass is 263 g/mol. The van der Waals surface area contributed by atoms with E-state index < -0.39 is 0 Å². The Bertz CT molecular complexity index is 546. The number of nitrogen functional groups attached to an aromatic ring is 1. The molecule has 0 aliphatic heterocycles. The van der Waals surface area contributed by atoms with Crippen LogP contribution in [-0.2, 0) is 6.54 Å². The summed E-state index contributed by atoms with van der Waals surface area (Å²) in [5.41, 5.74) is 8.10. The molecule has 0 spiro atoms. The maximum atomic E-state index is 5.85. The Morgan fingerprint density at radius 1 is 1.33 bits per heavy atom. The van der Waals surface area contributed by atoms with Crippen molar-refractivity contribution in [2.75, 3.05) is 18.2 Å². The third-order valence-corrected chi connectivity index (χ3v) is 2.90. The number of halogens is 1. The topological polar surface area (TPSA) is 60.2 Å². The minimum atomic E-state index is 0.306. The lowest BCUT2D eigenvalue weighted by Gasteiger charge is -2.12. The molecule has 0 aliphatic carbocycles. The number of nitrogens with zero attached hydrogens (tertiary/aromatic N) is 1. The van der Waals surface area contributed by atoms with Gasteiger partial charge in [-0.1, -0.05) is 29.8 Å². The molecular weight excluding hydrogens is 250 g/mol. The van der Waals surface area contributed by atoms with Crippen LogP contribution in [0.5, 0.6) is 5.75 Å². The number of methoxy groups -OCH3 is 1. The molecular formula is C13H14ClN3O. The highest BCUT2D eigenvalue weighted by atomic mass is 35.5. The summed E-state index contributed by atoms with van der Waals surface area (Å²) in [5, 5.41) is 3.52. The summed E-state index contributed by atoms with van der Waals surface area (Å²) in [7, 11) is 1.65. The Morgan fingerprint density at radius 2 is 2.11 bits per heavy atom. The summed E-state index contributed by atoms with van der Waals surface area (Å²) < 4.78 is 5.28. The summed E-state index contributed by atoms with van der Waals surface area (Å²) in [6, 6.07) is 9.59. The molecule has 0 aliphatic rings. The Balaban J connectivity index is 2.14. The van der Waals surface area contributed by atoms with Crippen LogP contribution in [0.1, 0.15) is 5.56 Å². The van der Waals surface area contributed by atoms with Crippen LogP contribution >= 0.6 is 11.6 Å². The van der Waals surface area contributed by atoms with Gasteiger partial charge in [-0.25, -0.2) is 4.98 Å². The summed E-state index contributed by atoms with van der Waals surface area (Å²) in [6.45, 7) is 0.606. The number of hydrogen-bond acceptors (Lipinski definition) is 4. The van der Waals surface area contributed by atoms with Gasteiger partial charge < -0.3 is 15.8 Å². The summed E-state index contributed by atoms with van der Waals surface area (Å²) in [6.07, 6.45) is 1.61.